The number of thioether (sulfide) groups is 1. The van der Waals surface area contributed by atoms with Crippen LogP contribution in [0.2, 0.25) is 0 Å². The summed E-state index contributed by atoms with van der Waals surface area (Å²) in [6, 6.07) is 11.1. The summed E-state index contributed by atoms with van der Waals surface area (Å²) in [5.74, 6) is -0.0295. The molecule has 0 aliphatic heterocycles. The van der Waals surface area contributed by atoms with Gasteiger partial charge in [-0.1, -0.05) is 6.07 Å². The van der Waals surface area contributed by atoms with E-state index >= 15 is 0 Å². The Labute approximate surface area is 113 Å². The van der Waals surface area contributed by atoms with Gasteiger partial charge in [0.15, 0.2) is 0 Å². The molecule has 1 amide bonds. The summed E-state index contributed by atoms with van der Waals surface area (Å²) >= 11 is 2.67. The van der Waals surface area contributed by atoms with Crippen LogP contribution in [0.5, 0.6) is 0 Å². The minimum absolute atomic E-state index is 0.0295. The molecule has 0 atom stereocenters. The third-order valence-electron chi connectivity index (χ3n) is 2.22. The Morgan fingerprint density at radius 2 is 2.11 bits per heavy atom. The lowest BCUT2D eigenvalue weighted by atomic mass is 10.3. The van der Waals surface area contributed by atoms with Crippen LogP contribution in [0, 0.1) is 10.7 Å². The fourth-order valence-electron chi connectivity index (χ4n) is 1.44. The smallest absolute Gasteiger partial charge is 0.229 e. The highest BCUT2D eigenvalue weighted by Crippen LogP contribution is 2.19. The number of amides is 1. The van der Waals surface area contributed by atoms with Crippen molar-refractivity contribution in [2.24, 2.45) is 0 Å². The largest absolute Gasteiger partial charge is 0.326 e. The van der Waals surface area contributed by atoms with E-state index in [4.69, 9.17) is 5.26 Å². The summed E-state index contributed by atoms with van der Waals surface area (Å²) in [4.78, 5) is 13.6. The van der Waals surface area contributed by atoms with Gasteiger partial charge in [-0.25, -0.2) is 0 Å². The molecule has 0 aliphatic rings. The van der Waals surface area contributed by atoms with Gasteiger partial charge in [0, 0.05) is 15.5 Å². The van der Waals surface area contributed by atoms with E-state index in [-0.39, 0.29) is 5.91 Å². The Hall–Kier alpha value is -1.77. The molecule has 0 spiro atoms. The van der Waals surface area contributed by atoms with Crippen molar-refractivity contribution < 1.29 is 4.79 Å². The topological polar surface area (TPSA) is 52.9 Å². The number of hydrogen-bond donors (Lipinski definition) is 1. The average molecular weight is 274 g/mol. The summed E-state index contributed by atoms with van der Waals surface area (Å²) in [6.07, 6.45) is 0.395. The van der Waals surface area contributed by atoms with Gasteiger partial charge in [-0.05, 0) is 47.5 Å². The molecule has 1 heterocycles. The molecule has 3 nitrogen and oxygen atoms in total. The normalized spacial score (nSPS) is 9.72. The molecule has 0 saturated carbocycles. The summed E-state index contributed by atoms with van der Waals surface area (Å²) in [5, 5.41) is 15.3. The molecule has 1 aromatic carbocycles. The van der Waals surface area contributed by atoms with Gasteiger partial charge in [0.05, 0.1) is 6.42 Å². The van der Waals surface area contributed by atoms with Crippen LogP contribution in [-0.4, -0.2) is 5.91 Å². The monoisotopic (exact) mass is 274 g/mol. The highest BCUT2D eigenvalue weighted by Gasteiger charge is 2.04. The van der Waals surface area contributed by atoms with Gasteiger partial charge in [0.2, 0.25) is 5.91 Å². The number of thiophene rings is 1. The summed E-state index contributed by atoms with van der Waals surface area (Å²) in [6.45, 7) is 0. The second-order valence-electron chi connectivity index (χ2n) is 3.52. The molecule has 0 fully saturated rings. The van der Waals surface area contributed by atoms with Crippen molar-refractivity contribution in [3.63, 3.8) is 0 Å². The van der Waals surface area contributed by atoms with E-state index in [9.17, 15) is 4.79 Å². The number of anilines is 1. The number of benzene rings is 1. The van der Waals surface area contributed by atoms with Gasteiger partial charge < -0.3 is 5.32 Å². The number of rotatable bonds is 4. The van der Waals surface area contributed by atoms with Crippen molar-refractivity contribution >= 4 is 34.7 Å². The number of nitriles is 1. The maximum absolute atomic E-state index is 11.7. The molecular weight excluding hydrogens is 264 g/mol. The highest BCUT2D eigenvalue weighted by atomic mass is 32.2. The Kier molecular flexibility index (Phi) is 4.40. The first-order valence-corrected chi connectivity index (χ1v) is 6.96. The standard InChI is InChI=1S/C13H10N2OS2/c14-9-18-11-5-3-10(4-6-11)15-13(16)8-12-2-1-7-17-12/h1-7H,8H2,(H,15,16). The first-order chi connectivity index (χ1) is 8.78. The Morgan fingerprint density at radius 3 is 2.72 bits per heavy atom. The van der Waals surface area contributed by atoms with E-state index in [1.54, 1.807) is 23.5 Å². The van der Waals surface area contributed by atoms with Crippen LogP contribution in [0.15, 0.2) is 46.7 Å². The van der Waals surface area contributed by atoms with Gasteiger partial charge in [0.1, 0.15) is 5.40 Å². The highest BCUT2D eigenvalue weighted by molar-refractivity contribution is 8.03. The molecule has 0 saturated heterocycles. The van der Waals surface area contributed by atoms with E-state index in [0.29, 0.717) is 6.42 Å². The third-order valence-corrected chi connectivity index (χ3v) is 3.69. The average Bonchev–Trinajstić information content (AvgIpc) is 2.84. The summed E-state index contributed by atoms with van der Waals surface area (Å²) in [7, 11) is 0. The number of carbonyl (C=O) groups is 1. The molecule has 2 rings (SSSR count). The molecule has 0 unspecified atom stereocenters. The molecular formula is C13H10N2OS2. The molecule has 0 radical (unpaired) electrons. The molecule has 0 aliphatic carbocycles. The maximum atomic E-state index is 11.7. The van der Waals surface area contributed by atoms with Gasteiger partial charge >= 0.3 is 0 Å². The maximum Gasteiger partial charge on any atom is 0.229 e. The van der Waals surface area contributed by atoms with Crippen LogP contribution in [0.1, 0.15) is 4.88 Å². The molecule has 0 bridgehead atoms. The second-order valence-corrected chi connectivity index (χ2v) is 5.41. The Bertz CT molecular complexity index is 556. The van der Waals surface area contributed by atoms with Crippen molar-refractivity contribution in [1.82, 2.24) is 0 Å². The summed E-state index contributed by atoms with van der Waals surface area (Å²) in [5.41, 5.74) is 0.749. The van der Waals surface area contributed by atoms with Crippen molar-refractivity contribution in [3.8, 4) is 5.40 Å². The van der Waals surface area contributed by atoms with E-state index in [1.807, 2.05) is 35.0 Å². The third kappa shape index (κ3) is 3.62. The fourth-order valence-corrected chi connectivity index (χ4v) is 2.52. The van der Waals surface area contributed by atoms with Crippen LogP contribution in [-0.2, 0) is 11.2 Å². The lowest BCUT2D eigenvalue weighted by Crippen LogP contribution is -2.13. The van der Waals surface area contributed by atoms with Gasteiger partial charge in [-0.2, -0.15) is 5.26 Å². The molecule has 18 heavy (non-hydrogen) atoms. The number of hydrogen-bond acceptors (Lipinski definition) is 4. The predicted octanol–water partition coefficient (Wildman–Crippen LogP) is 3.50. The predicted molar refractivity (Wildman–Crippen MR) is 74.6 cm³/mol. The number of nitrogens with zero attached hydrogens (tertiary/aromatic N) is 1. The second kappa shape index (κ2) is 6.24. The number of nitrogens with one attached hydrogen (secondary N) is 1. The minimum atomic E-state index is -0.0295. The van der Waals surface area contributed by atoms with Crippen LogP contribution in [0.4, 0.5) is 5.69 Å². The SMILES string of the molecule is N#CSc1ccc(NC(=O)Cc2cccs2)cc1. The van der Waals surface area contributed by atoms with Crippen LogP contribution in [0.25, 0.3) is 0 Å². The van der Waals surface area contributed by atoms with Gasteiger partial charge in [-0.3, -0.25) is 4.79 Å². The Morgan fingerprint density at radius 1 is 1.33 bits per heavy atom. The lowest BCUT2D eigenvalue weighted by molar-refractivity contribution is -0.115. The quantitative estimate of drug-likeness (QED) is 0.685. The summed E-state index contributed by atoms with van der Waals surface area (Å²) < 4.78 is 0. The lowest BCUT2D eigenvalue weighted by Gasteiger charge is -2.04. The van der Waals surface area contributed by atoms with Crippen LogP contribution >= 0.6 is 23.1 Å². The van der Waals surface area contributed by atoms with Crippen LogP contribution in [0.3, 0.4) is 0 Å². The molecule has 1 N–H and O–H groups in total. The van der Waals surface area contributed by atoms with E-state index in [2.05, 4.69) is 5.32 Å². The first kappa shape index (κ1) is 12.7. The van der Waals surface area contributed by atoms with Crippen molar-refractivity contribution in [1.29, 1.82) is 5.26 Å². The van der Waals surface area contributed by atoms with Gasteiger partial charge in [-0.15, -0.1) is 11.3 Å². The minimum Gasteiger partial charge on any atom is -0.326 e. The molecule has 1 aromatic heterocycles. The fraction of sp³-hybridized carbons (Fsp3) is 0.0769. The number of thiocyanates is 1. The zero-order valence-corrected chi connectivity index (χ0v) is 11.1. The van der Waals surface area contributed by atoms with E-state index in [0.717, 1.165) is 27.2 Å². The van der Waals surface area contributed by atoms with Crippen molar-refractivity contribution in [2.45, 2.75) is 11.3 Å². The van der Waals surface area contributed by atoms with Crippen molar-refractivity contribution in [2.75, 3.05) is 5.32 Å². The zero-order valence-electron chi connectivity index (χ0n) is 9.42. The van der Waals surface area contributed by atoms with E-state index < -0.39 is 0 Å². The van der Waals surface area contributed by atoms with Crippen LogP contribution < -0.4 is 5.32 Å². The van der Waals surface area contributed by atoms with Gasteiger partial charge in [0.25, 0.3) is 0 Å². The molecule has 5 heteroatoms. The van der Waals surface area contributed by atoms with Crippen molar-refractivity contribution in [3.05, 3.63) is 46.7 Å². The van der Waals surface area contributed by atoms with E-state index in [1.165, 1.54) is 0 Å². The zero-order chi connectivity index (χ0) is 12.8. The molecule has 2 aromatic rings. The number of carbonyl (C=O) groups excluding carboxylic acids is 1. The molecule has 90 valence electrons. The first-order valence-electron chi connectivity index (χ1n) is 5.26. The Balaban J connectivity index is 1.93.